The van der Waals surface area contributed by atoms with Gasteiger partial charge in [-0.1, -0.05) is 19.1 Å². The summed E-state index contributed by atoms with van der Waals surface area (Å²) in [5, 5.41) is 4.02. The van der Waals surface area contributed by atoms with Crippen LogP contribution in [0.3, 0.4) is 0 Å². The van der Waals surface area contributed by atoms with Crippen LogP contribution in [0.25, 0.3) is 0 Å². The minimum atomic E-state index is -0.202. The summed E-state index contributed by atoms with van der Waals surface area (Å²) in [7, 11) is 0. The van der Waals surface area contributed by atoms with E-state index >= 15 is 0 Å². The first kappa shape index (κ1) is 21.2. The number of nitrogens with zero attached hydrogens (tertiary/aromatic N) is 1. The van der Waals surface area contributed by atoms with Gasteiger partial charge in [0, 0.05) is 15.3 Å². The molecule has 0 aliphatic carbocycles. The Morgan fingerprint density at radius 3 is 2.60 bits per heavy atom. The molecule has 0 radical (unpaired) electrons. The van der Waals surface area contributed by atoms with Gasteiger partial charge in [0.25, 0.3) is 5.91 Å². The second-order valence-corrected chi connectivity index (χ2v) is 10.1. The van der Waals surface area contributed by atoms with Crippen LogP contribution >= 0.6 is 23.1 Å². The molecule has 0 bridgehead atoms. The second-order valence-electron chi connectivity index (χ2n) is 7.97. The lowest BCUT2D eigenvalue weighted by Gasteiger charge is -2.37. The van der Waals surface area contributed by atoms with Gasteiger partial charge >= 0.3 is 0 Å². The summed E-state index contributed by atoms with van der Waals surface area (Å²) in [6.45, 7) is 6.57. The number of thiophene rings is 1. The highest BCUT2D eigenvalue weighted by Crippen LogP contribution is 2.41. The van der Waals surface area contributed by atoms with Gasteiger partial charge in [-0.15, -0.1) is 23.1 Å². The van der Waals surface area contributed by atoms with E-state index in [2.05, 4.69) is 60.7 Å². The highest BCUT2D eigenvalue weighted by atomic mass is 32.2. The Balaban J connectivity index is 1.70. The van der Waals surface area contributed by atoms with E-state index < -0.39 is 0 Å². The number of rotatable bonds is 6. The monoisotopic (exact) mass is 440 g/mol. The first-order chi connectivity index (χ1) is 14.5. The average molecular weight is 441 g/mol. The van der Waals surface area contributed by atoms with Gasteiger partial charge in [0.05, 0.1) is 12.3 Å². The van der Waals surface area contributed by atoms with Gasteiger partial charge in [-0.2, -0.15) is 0 Å². The lowest BCUT2D eigenvalue weighted by atomic mass is 9.93. The third-order valence-corrected chi connectivity index (χ3v) is 7.49. The van der Waals surface area contributed by atoms with E-state index in [0.717, 1.165) is 24.0 Å². The van der Waals surface area contributed by atoms with Gasteiger partial charge in [-0.05, 0) is 80.9 Å². The van der Waals surface area contributed by atoms with Gasteiger partial charge in [-0.25, -0.2) is 0 Å². The fourth-order valence-electron chi connectivity index (χ4n) is 4.07. The van der Waals surface area contributed by atoms with Crippen LogP contribution in [0.5, 0.6) is 0 Å². The molecule has 30 heavy (non-hydrogen) atoms. The Morgan fingerprint density at radius 2 is 1.97 bits per heavy atom. The summed E-state index contributed by atoms with van der Waals surface area (Å²) in [4.78, 5) is 17.7. The van der Waals surface area contributed by atoms with E-state index in [1.54, 1.807) is 35.2 Å². The maximum atomic E-state index is 12.7. The van der Waals surface area contributed by atoms with Crippen LogP contribution in [0.1, 0.15) is 52.4 Å². The van der Waals surface area contributed by atoms with Crippen molar-refractivity contribution < 1.29 is 9.21 Å². The van der Waals surface area contributed by atoms with Crippen LogP contribution < -0.4 is 5.32 Å². The Hall–Kier alpha value is -2.02. The summed E-state index contributed by atoms with van der Waals surface area (Å²) in [5.41, 5.74) is 2.44. The summed E-state index contributed by atoms with van der Waals surface area (Å²) in [6, 6.07) is 14.7. The highest BCUT2D eigenvalue weighted by molar-refractivity contribution is 7.98. The zero-order chi connectivity index (χ0) is 21.1. The number of aryl methyl sites for hydroxylation is 1. The number of nitrogens with one attached hydrogen (secondary N) is 1. The molecule has 158 valence electrons. The Labute approximate surface area is 186 Å². The van der Waals surface area contributed by atoms with Crippen molar-refractivity contribution in [2.75, 3.05) is 24.7 Å². The minimum absolute atomic E-state index is 0.130. The first-order valence-electron chi connectivity index (χ1n) is 10.4. The van der Waals surface area contributed by atoms with Gasteiger partial charge in [-0.3, -0.25) is 9.69 Å². The smallest absolute Gasteiger partial charge is 0.291 e. The van der Waals surface area contributed by atoms with Crippen molar-refractivity contribution in [2.24, 2.45) is 5.92 Å². The second kappa shape index (κ2) is 9.41. The van der Waals surface area contributed by atoms with Crippen LogP contribution in [0.2, 0.25) is 0 Å². The Bertz CT molecular complexity index is 971. The Kier molecular flexibility index (Phi) is 6.66. The number of piperidine rings is 1. The van der Waals surface area contributed by atoms with Crippen molar-refractivity contribution in [3.8, 4) is 0 Å². The van der Waals surface area contributed by atoms with E-state index in [0.29, 0.717) is 5.76 Å². The molecule has 4 rings (SSSR count). The van der Waals surface area contributed by atoms with Crippen molar-refractivity contribution in [1.82, 2.24) is 4.90 Å². The fourth-order valence-corrected chi connectivity index (χ4v) is 5.42. The molecule has 1 amide bonds. The largest absolute Gasteiger partial charge is 0.459 e. The molecule has 1 N–H and O–H groups in total. The molecule has 1 atom stereocenters. The van der Waals surface area contributed by atoms with Crippen LogP contribution in [-0.2, 0) is 0 Å². The molecular formula is C24H28N2O2S2. The van der Waals surface area contributed by atoms with Crippen molar-refractivity contribution >= 4 is 34.0 Å². The third kappa shape index (κ3) is 4.66. The van der Waals surface area contributed by atoms with Gasteiger partial charge < -0.3 is 9.73 Å². The fraction of sp³-hybridized carbons (Fsp3) is 0.375. The molecule has 4 nitrogen and oxygen atoms in total. The molecule has 3 heterocycles. The standard InChI is InChI=1S/C24H28N2O2S2/c1-16-10-12-26(13-11-16)22(18-6-8-19(29-3)9-7-18)20-15-17(2)30-24(20)25-23(27)21-5-4-14-28-21/h4-9,14-16,22H,10-13H2,1-3H3,(H,25,27). The molecular weight excluding hydrogens is 412 g/mol. The molecule has 1 aromatic carbocycles. The number of thioether (sulfide) groups is 1. The maximum Gasteiger partial charge on any atom is 0.291 e. The van der Waals surface area contributed by atoms with Crippen molar-refractivity contribution in [1.29, 1.82) is 0 Å². The van der Waals surface area contributed by atoms with Gasteiger partial charge in [0.15, 0.2) is 5.76 Å². The molecule has 1 fully saturated rings. The first-order valence-corrected chi connectivity index (χ1v) is 12.4. The number of carbonyl (C=O) groups excluding carboxylic acids is 1. The summed E-state index contributed by atoms with van der Waals surface area (Å²) < 4.78 is 5.29. The van der Waals surface area contributed by atoms with Crippen molar-refractivity contribution in [2.45, 2.75) is 37.6 Å². The zero-order valence-electron chi connectivity index (χ0n) is 17.7. The van der Waals surface area contributed by atoms with Crippen molar-refractivity contribution in [3.05, 3.63) is 70.5 Å². The number of anilines is 1. The molecule has 1 aliphatic rings. The number of carbonyl (C=O) groups is 1. The molecule has 0 spiro atoms. The number of hydrogen-bond acceptors (Lipinski definition) is 5. The third-order valence-electron chi connectivity index (χ3n) is 5.77. The Morgan fingerprint density at radius 1 is 1.23 bits per heavy atom. The number of furan rings is 1. The predicted octanol–water partition coefficient (Wildman–Crippen LogP) is 6.45. The van der Waals surface area contributed by atoms with Crippen molar-refractivity contribution in [3.63, 3.8) is 0 Å². The molecule has 0 saturated carbocycles. The van der Waals surface area contributed by atoms with Crippen LogP contribution in [0.4, 0.5) is 5.00 Å². The van der Waals surface area contributed by atoms with E-state index in [4.69, 9.17) is 4.42 Å². The maximum absolute atomic E-state index is 12.7. The highest BCUT2D eigenvalue weighted by Gasteiger charge is 2.29. The lowest BCUT2D eigenvalue weighted by molar-refractivity contribution is 0.0996. The average Bonchev–Trinajstić information content (AvgIpc) is 3.41. The number of benzene rings is 1. The predicted molar refractivity (Wildman–Crippen MR) is 126 cm³/mol. The number of amides is 1. The SMILES string of the molecule is CSc1ccc(C(c2cc(C)sc2NC(=O)c2ccco2)N2CCC(C)CC2)cc1. The van der Waals surface area contributed by atoms with Crippen LogP contribution in [0, 0.1) is 12.8 Å². The summed E-state index contributed by atoms with van der Waals surface area (Å²) in [6.07, 6.45) is 6.04. The van der Waals surface area contributed by atoms with E-state index in [1.807, 2.05) is 0 Å². The summed E-state index contributed by atoms with van der Waals surface area (Å²) in [5.74, 6) is 0.898. The molecule has 6 heteroatoms. The summed E-state index contributed by atoms with van der Waals surface area (Å²) >= 11 is 3.39. The normalized spacial score (nSPS) is 16.5. The molecule has 1 saturated heterocycles. The lowest BCUT2D eigenvalue weighted by Crippen LogP contribution is -2.37. The number of hydrogen-bond donors (Lipinski definition) is 1. The molecule has 1 aliphatic heterocycles. The van der Waals surface area contributed by atoms with Gasteiger partial charge in [0.2, 0.25) is 0 Å². The topological polar surface area (TPSA) is 45.5 Å². The number of likely N-dealkylation sites (tertiary alicyclic amines) is 1. The minimum Gasteiger partial charge on any atom is -0.459 e. The van der Waals surface area contributed by atoms with E-state index in [1.165, 1.54) is 40.0 Å². The molecule has 3 aromatic rings. The van der Waals surface area contributed by atoms with Crippen LogP contribution in [0.15, 0.2) is 58.0 Å². The van der Waals surface area contributed by atoms with Gasteiger partial charge in [0.1, 0.15) is 5.00 Å². The molecule has 1 unspecified atom stereocenters. The molecule has 2 aromatic heterocycles. The van der Waals surface area contributed by atoms with E-state index in [9.17, 15) is 4.79 Å². The zero-order valence-corrected chi connectivity index (χ0v) is 19.3. The quantitative estimate of drug-likeness (QED) is 0.448. The van der Waals surface area contributed by atoms with Crippen LogP contribution in [-0.4, -0.2) is 30.2 Å². The van der Waals surface area contributed by atoms with E-state index in [-0.39, 0.29) is 11.9 Å².